The molecule has 5 heteroatoms. The van der Waals surface area contributed by atoms with E-state index in [-0.39, 0.29) is 15.0 Å². The van der Waals surface area contributed by atoms with Crippen LogP contribution in [0.5, 0.6) is 0 Å². The second-order valence-corrected chi connectivity index (χ2v) is 9.64. The van der Waals surface area contributed by atoms with Crippen molar-refractivity contribution in [2.75, 3.05) is 0 Å². The van der Waals surface area contributed by atoms with Crippen molar-refractivity contribution in [3.63, 3.8) is 0 Å². The molecule has 2 aliphatic rings. The zero-order valence-corrected chi connectivity index (χ0v) is 19.5. The molecule has 33 heavy (non-hydrogen) atoms. The summed E-state index contributed by atoms with van der Waals surface area (Å²) in [5.41, 5.74) is 5.50. The van der Waals surface area contributed by atoms with E-state index < -0.39 is 0 Å². The van der Waals surface area contributed by atoms with Crippen molar-refractivity contribution in [1.29, 1.82) is 0 Å². The van der Waals surface area contributed by atoms with Gasteiger partial charge in [-0.15, -0.1) is 0 Å². The summed E-state index contributed by atoms with van der Waals surface area (Å²) in [6.45, 7) is 0. The van der Waals surface area contributed by atoms with Gasteiger partial charge in [-0.2, -0.15) is 0 Å². The third-order valence-electron chi connectivity index (χ3n) is 4.96. The molecule has 2 aliphatic carbocycles. The zero-order chi connectivity index (χ0) is 22.3. The van der Waals surface area contributed by atoms with E-state index in [1.54, 1.807) is 0 Å². The molecule has 0 amide bonds. The van der Waals surface area contributed by atoms with Gasteiger partial charge in [-0.25, -0.2) is 0 Å². The van der Waals surface area contributed by atoms with Gasteiger partial charge in [0.15, 0.2) is 0 Å². The summed E-state index contributed by atoms with van der Waals surface area (Å²) in [6.07, 6.45) is 0. The summed E-state index contributed by atoms with van der Waals surface area (Å²) in [7, 11) is 0. The Morgan fingerprint density at radius 1 is 0.424 bits per heavy atom. The van der Waals surface area contributed by atoms with E-state index in [0.29, 0.717) is 0 Å². The van der Waals surface area contributed by atoms with Crippen molar-refractivity contribution in [2.45, 2.75) is 0 Å². The van der Waals surface area contributed by atoms with Gasteiger partial charge in [0, 0.05) is 0 Å². The first-order valence-electron chi connectivity index (χ1n) is 10.6. The Hall–Kier alpha value is -3.92. The van der Waals surface area contributed by atoms with Crippen molar-refractivity contribution in [3.8, 4) is 11.1 Å². The van der Waals surface area contributed by atoms with E-state index >= 15 is 0 Å². The molecule has 0 radical (unpaired) electrons. The Labute approximate surface area is 199 Å². The quantitative estimate of drug-likeness (QED) is 0.177. The van der Waals surface area contributed by atoms with Crippen molar-refractivity contribution in [2.24, 2.45) is 20.5 Å². The molecule has 0 fully saturated rings. The van der Waals surface area contributed by atoms with Gasteiger partial charge in [0.1, 0.15) is 0 Å². The van der Waals surface area contributed by atoms with Crippen molar-refractivity contribution in [1.82, 2.24) is 0 Å². The normalized spacial score (nSPS) is 11.5. The fraction of sp³-hybridized carbons (Fsp3) is 0. The first-order chi connectivity index (χ1) is 16.3. The monoisotopic (exact) mass is 492 g/mol. The molecule has 0 atom stereocenters. The van der Waals surface area contributed by atoms with Crippen LogP contribution in [-0.4, -0.2) is 15.0 Å². The number of fused-ring (bicyclic) bond motifs is 1. The molecular formula is C28H20N4Se. The molecule has 5 rings (SSSR count). The molecule has 0 bridgehead atoms. The summed E-state index contributed by atoms with van der Waals surface area (Å²) in [5, 5.41) is 17.7. The number of azo groups is 2. The maximum atomic E-state index is 4.62. The molecule has 3 aromatic carbocycles. The van der Waals surface area contributed by atoms with Crippen LogP contribution in [0.3, 0.4) is 0 Å². The molecule has 0 heterocycles. The summed E-state index contributed by atoms with van der Waals surface area (Å²) in [6, 6.07) is 40.5. The van der Waals surface area contributed by atoms with Gasteiger partial charge in [0.05, 0.1) is 0 Å². The Balaban J connectivity index is 1.42. The fourth-order valence-electron chi connectivity index (χ4n) is 3.39. The summed E-state index contributed by atoms with van der Waals surface area (Å²) >= 11 is 0.194. The van der Waals surface area contributed by atoms with Gasteiger partial charge < -0.3 is 0 Å². The van der Waals surface area contributed by atoms with Crippen molar-refractivity contribution >= 4 is 46.6 Å². The molecule has 0 N–H and O–H groups in total. The number of hydrogen-bond donors (Lipinski definition) is 0. The van der Waals surface area contributed by atoms with Crippen molar-refractivity contribution in [3.05, 3.63) is 121 Å². The summed E-state index contributed by atoms with van der Waals surface area (Å²) < 4.78 is 2.64. The van der Waals surface area contributed by atoms with Gasteiger partial charge in [0.25, 0.3) is 0 Å². The van der Waals surface area contributed by atoms with Crippen LogP contribution in [-0.2, 0) is 0 Å². The molecule has 0 saturated carbocycles. The predicted octanol–water partition coefficient (Wildman–Crippen LogP) is 7.28. The van der Waals surface area contributed by atoms with Gasteiger partial charge in [-0.1, -0.05) is 18.2 Å². The molecular weight excluding hydrogens is 471 g/mol. The van der Waals surface area contributed by atoms with Crippen LogP contribution in [0.25, 0.3) is 11.1 Å². The van der Waals surface area contributed by atoms with Crippen LogP contribution in [0, 0.1) is 0 Å². The van der Waals surface area contributed by atoms with Crippen LogP contribution in [0.15, 0.2) is 142 Å². The molecule has 0 unspecified atom stereocenters. The molecule has 0 aromatic heterocycles. The van der Waals surface area contributed by atoms with Crippen LogP contribution >= 0.6 is 0 Å². The molecule has 0 spiro atoms. The van der Waals surface area contributed by atoms with E-state index in [9.17, 15) is 0 Å². The molecule has 0 saturated heterocycles. The number of rotatable bonds is 6. The van der Waals surface area contributed by atoms with E-state index in [0.717, 1.165) is 28.3 Å². The second-order valence-electron chi connectivity index (χ2n) is 7.30. The van der Waals surface area contributed by atoms with E-state index in [4.69, 9.17) is 0 Å². The predicted molar refractivity (Wildman–Crippen MR) is 136 cm³/mol. The van der Waals surface area contributed by atoms with Gasteiger partial charge in [-0.05, 0) is 0 Å². The minimum atomic E-state index is 0.194. The third kappa shape index (κ3) is 5.29. The SMILES string of the molecule is c1ccc(N=Nc2cccc(N=Nc3cc([Se]c4ccccc4)c4cccccc3-4)c2)cc1. The fourth-order valence-corrected chi connectivity index (χ4v) is 5.50. The molecule has 0 aliphatic heterocycles. The van der Waals surface area contributed by atoms with Crippen molar-refractivity contribution < 1.29 is 0 Å². The Kier molecular flexibility index (Phi) is 6.43. The maximum absolute atomic E-state index is 4.62. The first-order valence-corrected chi connectivity index (χ1v) is 12.3. The first kappa shape index (κ1) is 21.0. The standard InChI is InChI=1S/C28H20N4Se/c1-4-11-21(12-5-1)29-30-22-13-10-14-23(19-22)31-32-27-20-28(33-24-15-6-2-7-16-24)26-18-9-3-8-17-25(26)27/h1-20H. The second kappa shape index (κ2) is 10.1. The smallest absolute Gasteiger partial charge is 0.0601 e. The Bertz CT molecular complexity index is 1380. The van der Waals surface area contributed by atoms with Crippen LogP contribution in [0.4, 0.5) is 22.7 Å². The van der Waals surface area contributed by atoms with Gasteiger partial charge >= 0.3 is 181 Å². The zero-order valence-electron chi connectivity index (χ0n) is 17.7. The number of nitrogens with zero attached hydrogens (tertiary/aromatic N) is 4. The van der Waals surface area contributed by atoms with Crippen LogP contribution < -0.4 is 8.92 Å². The molecule has 3 aromatic rings. The van der Waals surface area contributed by atoms with Crippen LogP contribution in [0.2, 0.25) is 0 Å². The average Bonchev–Trinajstić information content (AvgIpc) is 3.02. The average molecular weight is 491 g/mol. The Morgan fingerprint density at radius 2 is 0.970 bits per heavy atom. The topological polar surface area (TPSA) is 49.4 Å². The van der Waals surface area contributed by atoms with E-state index in [1.807, 2.05) is 66.7 Å². The molecule has 158 valence electrons. The minimum Gasteiger partial charge on any atom is -0.0601 e. The number of hydrogen-bond acceptors (Lipinski definition) is 4. The Morgan fingerprint density at radius 3 is 1.70 bits per heavy atom. The van der Waals surface area contributed by atoms with Crippen LogP contribution in [0.1, 0.15) is 0 Å². The third-order valence-corrected chi connectivity index (χ3v) is 7.19. The van der Waals surface area contributed by atoms with E-state index in [2.05, 4.69) is 75.1 Å². The summed E-state index contributed by atoms with van der Waals surface area (Å²) in [5.74, 6) is 0. The van der Waals surface area contributed by atoms with E-state index in [1.165, 1.54) is 14.5 Å². The minimum absolute atomic E-state index is 0.194. The number of benzene rings is 3. The van der Waals surface area contributed by atoms with Gasteiger partial charge in [0.2, 0.25) is 0 Å². The van der Waals surface area contributed by atoms with Gasteiger partial charge in [-0.3, -0.25) is 0 Å². The molecule has 4 nitrogen and oxygen atoms in total. The summed E-state index contributed by atoms with van der Waals surface area (Å²) in [4.78, 5) is 0.